The van der Waals surface area contributed by atoms with Crippen molar-refractivity contribution < 1.29 is 9.53 Å². The van der Waals surface area contributed by atoms with Crippen LogP contribution < -0.4 is 10.1 Å². The van der Waals surface area contributed by atoms with Gasteiger partial charge in [0.1, 0.15) is 18.2 Å². The fourth-order valence-electron chi connectivity index (χ4n) is 3.08. The first-order valence-corrected chi connectivity index (χ1v) is 8.80. The Labute approximate surface area is 151 Å². The number of anilines is 1. The van der Waals surface area contributed by atoms with E-state index in [0.29, 0.717) is 23.6 Å². The number of nitrogens with zero attached hydrogens (tertiary/aromatic N) is 3. The number of nitrogens with one attached hydrogen (secondary N) is 1. The standard InChI is InChI=1S/C20H20N4O2/c25-20(15-7-2-1-3-8-15)21-16-9-6-10-17(13-16)26-14-19-23-22-18-11-4-5-12-24(18)19/h1-3,6-10,13H,4-5,11-12,14H2,(H,21,25). The highest BCUT2D eigenvalue weighted by Gasteiger charge is 2.16. The molecule has 1 amide bonds. The summed E-state index contributed by atoms with van der Waals surface area (Å²) in [6.45, 7) is 1.32. The minimum atomic E-state index is -0.144. The highest BCUT2D eigenvalue weighted by molar-refractivity contribution is 6.04. The van der Waals surface area contributed by atoms with Crippen molar-refractivity contribution in [2.75, 3.05) is 5.32 Å². The van der Waals surface area contributed by atoms with E-state index in [2.05, 4.69) is 20.1 Å². The summed E-state index contributed by atoms with van der Waals surface area (Å²) in [5, 5.41) is 11.4. The second-order valence-electron chi connectivity index (χ2n) is 6.28. The molecular weight excluding hydrogens is 328 g/mol. The number of hydrogen-bond donors (Lipinski definition) is 1. The Morgan fingerprint density at radius 1 is 1.08 bits per heavy atom. The highest BCUT2D eigenvalue weighted by atomic mass is 16.5. The van der Waals surface area contributed by atoms with Crippen LogP contribution in [0.3, 0.4) is 0 Å². The van der Waals surface area contributed by atoms with Crippen LogP contribution in [0.25, 0.3) is 0 Å². The largest absolute Gasteiger partial charge is 0.486 e. The summed E-state index contributed by atoms with van der Waals surface area (Å²) in [6.07, 6.45) is 3.30. The minimum absolute atomic E-state index is 0.144. The number of ether oxygens (including phenoxy) is 1. The number of fused-ring (bicyclic) bond motifs is 1. The number of carbonyl (C=O) groups excluding carboxylic acids is 1. The van der Waals surface area contributed by atoms with Crippen molar-refractivity contribution in [1.29, 1.82) is 0 Å². The Morgan fingerprint density at radius 3 is 2.85 bits per heavy atom. The predicted octanol–water partition coefficient (Wildman–Crippen LogP) is 3.45. The maximum Gasteiger partial charge on any atom is 0.255 e. The van der Waals surface area contributed by atoms with Crippen LogP contribution in [0.5, 0.6) is 5.75 Å². The van der Waals surface area contributed by atoms with Gasteiger partial charge in [0.15, 0.2) is 5.82 Å². The molecule has 6 heteroatoms. The lowest BCUT2D eigenvalue weighted by Crippen LogP contribution is -2.14. The Morgan fingerprint density at radius 2 is 1.96 bits per heavy atom. The van der Waals surface area contributed by atoms with E-state index >= 15 is 0 Å². The molecule has 3 aromatic rings. The SMILES string of the molecule is O=C(Nc1cccc(OCc2nnc3n2CCCC3)c1)c1ccccc1. The normalized spacial score (nSPS) is 13.1. The fourth-order valence-corrected chi connectivity index (χ4v) is 3.08. The third kappa shape index (κ3) is 3.59. The zero-order valence-corrected chi connectivity index (χ0v) is 14.4. The maximum absolute atomic E-state index is 12.3. The van der Waals surface area contributed by atoms with E-state index in [-0.39, 0.29) is 5.91 Å². The van der Waals surface area contributed by atoms with Gasteiger partial charge in [0.2, 0.25) is 0 Å². The van der Waals surface area contributed by atoms with Crippen LogP contribution in [-0.2, 0) is 19.6 Å². The molecule has 0 spiro atoms. The summed E-state index contributed by atoms with van der Waals surface area (Å²) in [6, 6.07) is 16.5. The molecule has 132 valence electrons. The quantitative estimate of drug-likeness (QED) is 0.767. The van der Waals surface area contributed by atoms with Crippen molar-refractivity contribution in [1.82, 2.24) is 14.8 Å². The van der Waals surface area contributed by atoms with Crippen LogP contribution in [0, 0.1) is 0 Å². The van der Waals surface area contributed by atoms with Crippen LogP contribution >= 0.6 is 0 Å². The molecule has 0 saturated carbocycles. The van der Waals surface area contributed by atoms with E-state index in [9.17, 15) is 4.79 Å². The molecule has 1 aromatic heterocycles. The van der Waals surface area contributed by atoms with Crippen molar-refractivity contribution in [3.63, 3.8) is 0 Å². The molecule has 4 rings (SSSR count). The van der Waals surface area contributed by atoms with Gasteiger partial charge in [0.25, 0.3) is 5.91 Å². The second kappa shape index (κ2) is 7.39. The summed E-state index contributed by atoms with van der Waals surface area (Å²) < 4.78 is 8.01. The Hall–Kier alpha value is -3.15. The van der Waals surface area contributed by atoms with Crippen molar-refractivity contribution in [3.8, 4) is 5.75 Å². The molecule has 0 saturated heterocycles. The Kier molecular flexibility index (Phi) is 4.64. The zero-order chi connectivity index (χ0) is 17.8. The van der Waals surface area contributed by atoms with Crippen molar-refractivity contribution in [2.45, 2.75) is 32.4 Å². The summed E-state index contributed by atoms with van der Waals surface area (Å²) in [5.74, 6) is 2.43. The van der Waals surface area contributed by atoms with Gasteiger partial charge >= 0.3 is 0 Å². The Bertz CT molecular complexity index is 905. The first kappa shape index (κ1) is 16.3. The molecule has 0 fully saturated rings. The molecule has 0 bridgehead atoms. The smallest absolute Gasteiger partial charge is 0.255 e. The van der Waals surface area contributed by atoms with E-state index < -0.39 is 0 Å². The van der Waals surface area contributed by atoms with Gasteiger partial charge in [-0.2, -0.15) is 0 Å². The molecule has 26 heavy (non-hydrogen) atoms. The molecule has 0 aliphatic carbocycles. The summed E-state index contributed by atoms with van der Waals surface area (Å²) in [5.41, 5.74) is 1.31. The van der Waals surface area contributed by atoms with Gasteiger partial charge in [0, 0.05) is 30.3 Å². The fraction of sp³-hybridized carbons (Fsp3) is 0.250. The maximum atomic E-state index is 12.3. The molecular formula is C20H20N4O2. The van der Waals surface area contributed by atoms with Crippen LogP contribution in [0.4, 0.5) is 5.69 Å². The number of aromatic nitrogens is 3. The average Bonchev–Trinajstić information content (AvgIpc) is 3.10. The third-order valence-corrected chi connectivity index (χ3v) is 4.43. The number of carbonyl (C=O) groups is 1. The first-order valence-electron chi connectivity index (χ1n) is 8.80. The molecule has 2 aromatic carbocycles. The topological polar surface area (TPSA) is 69.0 Å². The van der Waals surface area contributed by atoms with Crippen LogP contribution in [0.1, 0.15) is 34.8 Å². The zero-order valence-electron chi connectivity index (χ0n) is 14.4. The average molecular weight is 348 g/mol. The van der Waals surface area contributed by atoms with Crippen LogP contribution in [-0.4, -0.2) is 20.7 Å². The van der Waals surface area contributed by atoms with Gasteiger partial charge in [-0.3, -0.25) is 4.79 Å². The van der Waals surface area contributed by atoms with Crippen molar-refractivity contribution in [3.05, 3.63) is 71.8 Å². The van der Waals surface area contributed by atoms with Gasteiger partial charge in [-0.25, -0.2) is 0 Å². The predicted molar refractivity (Wildman–Crippen MR) is 98.1 cm³/mol. The second-order valence-corrected chi connectivity index (χ2v) is 6.28. The van der Waals surface area contributed by atoms with Crippen molar-refractivity contribution in [2.24, 2.45) is 0 Å². The lowest BCUT2D eigenvalue weighted by Gasteiger charge is -2.15. The van der Waals surface area contributed by atoms with Gasteiger partial charge in [-0.05, 0) is 37.1 Å². The lowest BCUT2D eigenvalue weighted by molar-refractivity contribution is 0.102. The number of rotatable bonds is 5. The summed E-state index contributed by atoms with van der Waals surface area (Å²) in [4.78, 5) is 12.3. The van der Waals surface area contributed by atoms with E-state index in [1.54, 1.807) is 12.1 Å². The molecule has 1 aliphatic heterocycles. The molecule has 0 unspecified atom stereocenters. The number of aryl methyl sites for hydroxylation is 1. The van der Waals surface area contributed by atoms with Crippen molar-refractivity contribution >= 4 is 11.6 Å². The van der Waals surface area contributed by atoms with E-state index in [1.807, 2.05) is 42.5 Å². The number of amides is 1. The van der Waals surface area contributed by atoms with Crippen LogP contribution in [0.2, 0.25) is 0 Å². The molecule has 1 aliphatic rings. The van der Waals surface area contributed by atoms with Gasteiger partial charge < -0.3 is 14.6 Å². The van der Waals surface area contributed by atoms with Crippen LogP contribution in [0.15, 0.2) is 54.6 Å². The van der Waals surface area contributed by atoms with Gasteiger partial charge in [-0.1, -0.05) is 24.3 Å². The number of hydrogen-bond acceptors (Lipinski definition) is 4. The third-order valence-electron chi connectivity index (χ3n) is 4.43. The lowest BCUT2D eigenvalue weighted by atomic mass is 10.2. The highest BCUT2D eigenvalue weighted by Crippen LogP contribution is 2.20. The van der Waals surface area contributed by atoms with E-state index in [4.69, 9.17) is 4.74 Å². The number of benzene rings is 2. The minimum Gasteiger partial charge on any atom is -0.486 e. The monoisotopic (exact) mass is 348 g/mol. The van der Waals surface area contributed by atoms with Gasteiger partial charge in [0.05, 0.1) is 0 Å². The molecule has 0 atom stereocenters. The summed E-state index contributed by atoms with van der Waals surface area (Å²) >= 11 is 0. The van der Waals surface area contributed by atoms with E-state index in [0.717, 1.165) is 31.0 Å². The Balaban J connectivity index is 1.41. The van der Waals surface area contributed by atoms with Gasteiger partial charge in [-0.15, -0.1) is 10.2 Å². The first-order chi connectivity index (χ1) is 12.8. The molecule has 1 N–H and O–H groups in total. The molecule has 2 heterocycles. The van der Waals surface area contributed by atoms with E-state index in [1.165, 1.54) is 6.42 Å². The summed E-state index contributed by atoms with van der Waals surface area (Å²) in [7, 11) is 0. The molecule has 6 nitrogen and oxygen atoms in total. The molecule has 0 radical (unpaired) electrons.